The first-order chi connectivity index (χ1) is 4.46. The van der Waals surface area contributed by atoms with Crippen molar-refractivity contribution in [3.63, 3.8) is 0 Å². The van der Waals surface area contributed by atoms with E-state index in [1.165, 1.54) is 0 Å². The topological polar surface area (TPSA) is 34.1 Å². The van der Waals surface area contributed by atoms with Gasteiger partial charge in [0.2, 0.25) is 3.54 Å². The fourth-order valence-corrected chi connectivity index (χ4v) is 2.81. The van der Waals surface area contributed by atoms with Crippen LogP contribution in [0.3, 0.4) is 0 Å². The van der Waals surface area contributed by atoms with Gasteiger partial charge in [0.15, 0.2) is 0 Å². The van der Waals surface area contributed by atoms with Crippen LogP contribution in [0, 0.1) is 0 Å². The van der Waals surface area contributed by atoms with E-state index < -0.39 is 12.6 Å². The molecule has 0 fully saturated rings. The second kappa shape index (κ2) is 2.59. The van der Waals surface area contributed by atoms with Crippen LogP contribution >= 0.6 is 34.0 Å². The Morgan fingerprint density at radius 2 is 2.20 bits per heavy atom. The maximum atomic E-state index is 10.7. The summed E-state index contributed by atoms with van der Waals surface area (Å²) in [6.45, 7) is 0. The number of rotatable bonds is 1. The van der Waals surface area contributed by atoms with E-state index in [-0.39, 0.29) is 6.42 Å². The molecule has 1 aliphatic rings. The van der Waals surface area contributed by atoms with E-state index in [4.69, 9.17) is 22.3 Å². The summed E-state index contributed by atoms with van der Waals surface area (Å²) in [5.41, 5.74) is 0. The van der Waals surface area contributed by atoms with E-state index in [0.717, 1.165) is 11.8 Å². The summed E-state index contributed by atoms with van der Waals surface area (Å²) in [6.07, 6.45) is 1.95. The molecule has 1 rings (SSSR count). The quantitative estimate of drug-likeness (QED) is 0.500. The van der Waals surface area contributed by atoms with Crippen molar-refractivity contribution in [3.8, 4) is 0 Å². The first-order valence-electron chi connectivity index (χ1n) is 2.42. The highest BCUT2D eigenvalue weighted by Gasteiger charge is 2.42. The van der Waals surface area contributed by atoms with Crippen molar-refractivity contribution in [2.45, 2.75) is 9.96 Å². The molecular weight excluding hydrogens is 215 g/mol. The average Bonchev–Trinajstić information content (AvgIpc) is 2.13. The molecule has 2 nitrogen and oxygen atoms in total. The zero-order valence-electron chi connectivity index (χ0n) is 4.75. The summed E-state index contributed by atoms with van der Waals surface area (Å²) in [5.74, 6) is 0. The van der Waals surface area contributed by atoms with Crippen LogP contribution < -0.4 is 0 Å². The molecule has 0 aromatic rings. The summed E-state index contributed by atoms with van der Waals surface area (Å²) in [7, 11) is 1.40. The van der Waals surface area contributed by atoms with Gasteiger partial charge in [0.05, 0.1) is 0 Å². The van der Waals surface area contributed by atoms with Gasteiger partial charge in [-0.25, -0.2) is 8.42 Å². The van der Waals surface area contributed by atoms with E-state index in [1.54, 1.807) is 11.5 Å². The first kappa shape index (κ1) is 8.71. The zero-order valence-corrected chi connectivity index (χ0v) is 7.90. The van der Waals surface area contributed by atoms with E-state index in [0.29, 0.717) is 0 Å². The van der Waals surface area contributed by atoms with Crippen LogP contribution in [-0.4, -0.2) is 12.0 Å². The molecule has 58 valence electrons. The highest BCUT2D eigenvalue weighted by molar-refractivity contribution is 8.27. The molecule has 0 bridgehead atoms. The highest BCUT2D eigenvalue weighted by atomic mass is 35.7. The number of halogens is 2. The normalized spacial score (nSPS) is 33.0. The summed E-state index contributed by atoms with van der Waals surface area (Å²) in [4.78, 5) is 0. The fraction of sp³-hybridized carbons (Fsp3) is 0.500. The molecule has 0 radical (unpaired) electrons. The molecule has 1 heterocycles. The molecule has 0 aliphatic carbocycles. The van der Waals surface area contributed by atoms with Crippen molar-refractivity contribution >= 4 is 43.1 Å². The Morgan fingerprint density at radius 3 is 2.40 bits per heavy atom. The largest absolute Gasteiger partial charge is 0.262 e. The Bertz CT molecular complexity index is 248. The number of allylic oxidation sites excluding steroid dienone is 1. The SMILES string of the molecule is O=S(=O)(Cl)C1(Cl)CC=CS1. The van der Waals surface area contributed by atoms with Crippen LogP contribution in [-0.2, 0) is 9.05 Å². The van der Waals surface area contributed by atoms with Gasteiger partial charge < -0.3 is 0 Å². The Hall–Kier alpha value is 0.620. The number of alkyl halides is 1. The van der Waals surface area contributed by atoms with Gasteiger partial charge in [-0.15, -0.1) is 0 Å². The van der Waals surface area contributed by atoms with Crippen LogP contribution in [0.2, 0.25) is 0 Å². The van der Waals surface area contributed by atoms with Crippen LogP contribution in [0.25, 0.3) is 0 Å². The van der Waals surface area contributed by atoms with Crippen molar-refractivity contribution in [2.75, 3.05) is 0 Å². The smallest absolute Gasteiger partial charge is 0.209 e. The Balaban J connectivity index is 2.92. The van der Waals surface area contributed by atoms with Gasteiger partial charge in [-0.1, -0.05) is 29.4 Å². The lowest BCUT2D eigenvalue weighted by molar-refractivity contribution is 0.603. The number of hydrogen-bond acceptors (Lipinski definition) is 3. The van der Waals surface area contributed by atoms with Crippen LogP contribution in [0.15, 0.2) is 11.5 Å². The lowest BCUT2D eigenvalue weighted by Crippen LogP contribution is -2.20. The van der Waals surface area contributed by atoms with Crippen LogP contribution in [0.4, 0.5) is 0 Å². The molecule has 0 amide bonds. The molecule has 0 spiro atoms. The van der Waals surface area contributed by atoms with Crippen molar-refractivity contribution < 1.29 is 8.42 Å². The van der Waals surface area contributed by atoms with E-state index in [2.05, 4.69) is 0 Å². The summed E-state index contributed by atoms with van der Waals surface area (Å²) in [6, 6.07) is 0. The number of thioether (sulfide) groups is 1. The molecule has 10 heavy (non-hydrogen) atoms. The van der Waals surface area contributed by atoms with E-state index >= 15 is 0 Å². The predicted octanol–water partition coefficient (Wildman–Crippen LogP) is 2.10. The molecule has 1 unspecified atom stereocenters. The van der Waals surface area contributed by atoms with Crippen LogP contribution in [0.1, 0.15) is 6.42 Å². The minimum Gasteiger partial charge on any atom is -0.209 e. The van der Waals surface area contributed by atoms with Gasteiger partial charge in [-0.3, -0.25) is 0 Å². The Labute approximate surface area is 73.0 Å². The van der Waals surface area contributed by atoms with E-state index in [1.807, 2.05) is 0 Å². The van der Waals surface area contributed by atoms with Gasteiger partial charge in [-0.2, -0.15) is 0 Å². The molecule has 1 atom stereocenters. The maximum Gasteiger partial charge on any atom is 0.262 e. The van der Waals surface area contributed by atoms with Gasteiger partial charge in [0.25, 0.3) is 9.05 Å². The third-order valence-electron chi connectivity index (χ3n) is 1.07. The second-order valence-electron chi connectivity index (χ2n) is 1.79. The fourth-order valence-electron chi connectivity index (χ4n) is 0.544. The molecule has 6 heteroatoms. The summed E-state index contributed by atoms with van der Waals surface area (Å²) in [5, 5.41) is 1.63. The Kier molecular flexibility index (Phi) is 2.26. The Morgan fingerprint density at radius 1 is 1.60 bits per heavy atom. The monoisotopic (exact) mass is 218 g/mol. The third kappa shape index (κ3) is 1.44. The highest BCUT2D eigenvalue weighted by Crippen LogP contribution is 2.46. The zero-order chi connectivity index (χ0) is 7.83. The van der Waals surface area contributed by atoms with Gasteiger partial charge >= 0.3 is 0 Å². The van der Waals surface area contributed by atoms with E-state index in [9.17, 15) is 8.42 Å². The molecule has 1 aliphatic heterocycles. The van der Waals surface area contributed by atoms with Crippen molar-refractivity contribution in [1.82, 2.24) is 0 Å². The van der Waals surface area contributed by atoms with Crippen molar-refractivity contribution in [3.05, 3.63) is 11.5 Å². The van der Waals surface area contributed by atoms with Gasteiger partial charge in [0, 0.05) is 17.1 Å². The molecule has 0 N–H and O–H groups in total. The standard InChI is InChI=1S/C4H4Cl2O2S2/c5-4(10(6,7)8)2-1-3-9-4/h1,3H,2H2. The lowest BCUT2D eigenvalue weighted by atomic mass is 10.5. The molecule has 0 saturated heterocycles. The van der Waals surface area contributed by atoms with Gasteiger partial charge in [0.1, 0.15) is 0 Å². The summed E-state index contributed by atoms with van der Waals surface area (Å²) >= 11 is 6.64. The second-order valence-corrected chi connectivity index (χ2v) is 7.14. The third-order valence-corrected chi connectivity index (χ3v) is 6.09. The molecule has 0 saturated carbocycles. The first-order valence-corrected chi connectivity index (χ1v) is 5.98. The molecular formula is C4H4Cl2O2S2. The van der Waals surface area contributed by atoms with Crippen molar-refractivity contribution in [1.29, 1.82) is 0 Å². The minimum absolute atomic E-state index is 0.269. The maximum absolute atomic E-state index is 10.7. The summed E-state index contributed by atoms with van der Waals surface area (Å²) < 4.78 is 20.1. The van der Waals surface area contributed by atoms with Gasteiger partial charge in [-0.05, 0) is 5.41 Å². The molecule has 0 aromatic carbocycles. The number of hydrogen-bond donors (Lipinski definition) is 0. The lowest BCUT2D eigenvalue weighted by Gasteiger charge is -2.13. The van der Waals surface area contributed by atoms with Crippen LogP contribution in [0.5, 0.6) is 0 Å². The predicted molar refractivity (Wildman–Crippen MR) is 44.7 cm³/mol. The minimum atomic E-state index is -3.66. The molecule has 0 aromatic heterocycles. The average molecular weight is 219 g/mol. The van der Waals surface area contributed by atoms with Crippen molar-refractivity contribution in [2.24, 2.45) is 0 Å².